The van der Waals surface area contributed by atoms with Crippen LogP contribution in [0.15, 0.2) is 0 Å². The Balaban J connectivity index is 4.42. The lowest BCUT2D eigenvalue weighted by molar-refractivity contribution is -0.150. The average molecular weight is 775 g/mol. The smallest absolute Gasteiger partial charge is 0.407 e. The lowest BCUT2D eigenvalue weighted by Gasteiger charge is -2.21. The third-order valence-corrected chi connectivity index (χ3v) is 7.87. The molecule has 0 aliphatic carbocycles. The molecule has 0 unspecified atom stereocenters. The number of nitrogens with zero attached hydrogens (tertiary/aromatic N) is 1. The van der Waals surface area contributed by atoms with Crippen LogP contribution >= 0.6 is 0 Å². The molecular weight excluding hydrogens is 716 g/mol. The number of aliphatic hydroxyl groups excluding tert-OH is 1. The molecule has 0 saturated carbocycles. The van der Waals surface area contributed by atoms with Gasteiger partial charge in [0.1, 0.15) is 26.4 Å². The standard InChI is InChI=1S/C31H58N4O16S/c1-3-12-50-30(40)33-7-14-44-18-20-46-25-28(38)48-16-9-35(24-27(37)32-6-5-22-52(42,43)23-11-36)10-17-49-29(39)26-47-21-19-45-15-8-34-31(41)51-13-4-2/h36H,3-26H2,1-2H3,(H,32,37)(H,33,40)(H,34,41). The fourth-order valence-electron chi connectivity index (χ4n) is 3.64. The lowest BCUT2D eigenvalue weighted by Crippen LogP contribution is -2.41. The molecule has 0 spiro atoms. The van der Waals surface area contributed by atoms with Gasteiger partial charge in [-0.15, -0.1) is 0 Å². The summed E-state index contributed by atoms with van der Waals surface area (Å²) in [7, 11) is -3.41. The van der Waals surface area contributed by atoms with Gasteiger partial charge in [0.15, 0.2) is 9.84 Å². The Morgan fingerprint density at radius 3 is 1.52 bits per heavy atom. The van der Waals surface area contributed by atoms with Crippen LogP contribution in [0.4, 0.5) is 9.59 Å². The number of rotatable bonds is 34. The largest absolute Gasteiger partial charge is 0.463 e. The predicted octanol–water partition coefficient (Wildman–Crippen LogP) is -1.37. The van der Waals surface area contributed by atoms with Crippen molar-refractivity contribution in [3.8, 4) is 0 Å². The van der Waals surface area contributed by atoms with Crippen molar-refractivity contribution in [2.24, 2.45) is 0 Å². The first-order valence-electron chi connectivity index (χ1n) is 17.3. The van der Waals surface area contributed by atoms with Crippen molar-refractivity contribution in [2.75, 3.05) is 137 Å². The second kappa shape index (κ2) is 33.5. The van der Waals surface area contributed by atoms with Crippen LogP contribution in [0.25, 0.3) is 0 Å². The highest BCUT2D eigenvalue weighted by molar-refractivity contribution is 7.91. The topological polar surface area (TPSA) is 253 Å². The summed E-state index contributed by atoms with van der Waals surface area (Å²) < 4.78 is 64.6. The highest BCUT2D eigenvalue weighted by Crippen LogP contribution is 1.96. The van der Waals surface area contributed by atoms with Crippen LogP contribution in [0.2, 0.25) is 0 Å². The van der Waals surface area contributed by atoms with E-state index in [9.17, 15) is 32.4 Å². The quantitative estimate of drug-likeness (QED) is 0.0334. The van der Waals surface area contributed by atoms with Gasteiger partial charge >= 0.3 is 24.1 Å². The van der Waals surface area contributed by atoms with Gasteiger partial charge in [-0.05, 0) is 19.3 Å². The molecule has 0 aliphatic rings. The number of hydrogen-bond acceptors (Lipinski definition) is 17. The molecule has 0 bridgehead atoms. The Hall–Kier alpha value is -3.34. The van der Waals surface area contributed by atoms with Gasteiger partial charge in [-0.1, -0.05) is 13.8 Å². The maximum Gasteiger partial charge on any atom is 0.407 e. The summed E-state index contributed by atoms with van der Waals surface area (Å²) in [6, 6.07) is 0. The van der Waals surface area contributed by atoms with Crippen LogP contribution in [0.5, 0.6) is 0 Å². The number of amides is 3. The Bertz CT molecular complexity index is 1030. The van der Waals surface area contributed by atoms with Crippen molar-refractivity contribution < 1.29 is 75.4 Å². The van der Waals surface area contributed by atoms with E-state index < -0.39 is 46.5 Å². The number of carbonyl (C=O) groups is 5. The first-order valence-corrected chi connectivity index (χ1v) is 19.1. The minimum Gasteiger partial charge on any atom is -0.463 e. The Morgan fingerprint density at radius 2 is 1.06 bits per heavy atom. The van der Waals surface area contributed by atoms with E-state index in [1.165, 1.54) is 0 Å². The number of aliphatic hydroxyl groups is 1. The molecule has 4 N–H and O–H groups in total. The van der Waals surface area contributed by atoms with Crippen molar-refractivity contribution in [3.63, 3.8) is 0 Å². The van der Waals surface area contributed by atoms with Gasteiger partial charge in [-0.2, -0.15) is 0 Å². The van der Waals surface area contributed by atoms with Gasteiger partial charge in [0.25, 0.3) is 0 Å². The van der Waals surface area contributed by atoms with Crippen molar-refractivity contribution >= 4 is 39.9 Å². The van der Waals surface area contributed by atoms with Gasteiger partial charge in [0.05, 0.1) is 77.5 Å². The van der Waals surface area contributed by atoms with Gasteiger partial charge < -0.3 is 59.0 Å². The van der Waals surface area contributed by atoms with Crippen LogP contribution in [0, 0.1) is 0 Å². The Morgan fingerprint density at radius 1 is 0.577 bits per heavy atom. The summed E-state index contributed by atoms with van der Waals surface area (Å²) in [6.45, 7) is 4.81. The highest BCUT2D eigenvalue weighted by atomic mass is 32.2. The molecule has 304 valence electrons. The zero-order valence-corrected chi connectivity index (χ0v) is 31.2. The molecule has 3 amide bonds. The molecule has 0 aromatic rings. The second-order valence-electron chi connectivity index (χ2n) is 10.8. The van der Waals surface area contributed by atoms with Crippen molar-refractivity contribution in [1.82, 2.24) is 20.9 Å². The fraction of sp³-hybridized carbons (Fsp3) is 0.839. The molecular formula is C31H58N4O16S. The summed E-state index contributed by atoms with van der Waals surface area (Å²) in [4.78, 5) is 60.9. The number of alkyl carbamates (subject to hydrolysis) is 2. The zero-order valence-electron chi connectivity index (χ0n) is 30.4. The van der Waals surface area contributed by atoms with Gasteiger partial charge in [-0.3, -0.25) is 9.69 Å². The monoisotopic (exact) mass is 774 g/mol. The van der Waals surface area contributed by atoms with Gasteiger partial charge in [0.2, 0.25) is 5.91 Å². The molecule has 0 saturated heterocycles. The number of hydrogen-bond donors (Lipinski definition) is 4. The first kappa shape index (κ1) is 48.7. The SMILES string of the molecule is CCCOC(=O)NCCOCCOCC(=O)OCCN(CCOC(=O)COCCOCCNC(=O)OCCC)CC(=O)NCCCS(=O)(=O)CCO. The maximum absolute atomic E-state index is 12.5. The maximum atomic E-state index is 12.5. The molecule has 0 rings (SSSR count). The number of ether oxygens (including phenoxy) is 8. The van der Waals surface area contributed by atoms with Gasteiger partial charge in [-0.25, -0.2) is 27.6 Å². The van der Waals surface area contributed by atoms with Crippen molar-refractivity contribution in [2.45, 2.75) is 33.1 Å². The summed E-state index contributed by atoms with van der Waals surface area (Å²) in [5.41, 5.74) is 0. The third kappa shape index (κ3) is 32.6. The predicted molar refractivity (Wildman–Crippen MR) is 184 cm³/mol. The molecule has 0 atom stereocenters. The van der Waals surface area contributed by atoms with Crippen molar-refractivity contribution in [1.29, 1.82) is 0 Å². The van der Waals surface area contributed by atoms with E-state index in [0.717, 1.165) is 12.8 Å². The summed E-state index contributed by atoms with van der Waals surface area (Å²) >= 11 is 0. The normalized spacial score (nSPS) is 11.2. The van der Waals surface area contributed by atoms with E-state index in [0.29, 0.717) is 13.2 Å². The van der Waals surface area contributed by atoms with Crippen LogP contribution in [-0.4, -0.2) is 185 Å². The van der Waals surface area contributed by atoms with E-state index in [-0.39, 0.29) is 123 Å². The number of esters is 2. The molecule has 52 heavy (non-hydrogen) atoms. The molecule has 0 fully saturated rings. The molecule has 20 nitrogen and oxygen atoms in total. The summed E-state index contributed by atoms with van der Waals surface area (Å²) in [5.74, 6) is -2.26. The van der Waals surface area contributed by atoms with E-state index in [1.807, 2.05) is 13.8 Å². The number of nitrogens with one attached hydrogen (secondary N) is 3. The number of sulfone groups is 1. The molecule has 0 radical (unpaired) electrons. The summed E-state index contributed by atoms with van der Waals surface area (Å²) in [6.07, 6.45) is 0.559. The van der Waals surface area contributed by atoms with E-state index in [1.54, 1.807) is 4.90 Å². The highest BCUT2D eigenvalue weighted by Gasteiger charge is 2.15. The van der Waals surface area contributed by atoms with E-state index in [4.69, 9.17) is 43.0 Å². The molecule has 21 heteroatoms. The molecule has 0 heterocycles. The van der Waals surface area contributed by atoms with Crippen LogP contribution < -0.4 is 16.0 Å². The fourth-order valence-corrected chi connectivity index (χ4v) is 4.71. The minimum atomic E-state index is -3.41. The number of carbonyl (C=O) groups excluding carboxylic acids is 5. The molecule has 0 aliphatic heterocycles. The van der Waals surface area contributed by atoms with Crippen molar-refractivity contribution in [3.05, 3.63) is 0 Å². The molecule has 0 aromatic heterocycles. The third-order valence-electron chi connectivity index (χ3n) is 6.15. The first-order chi connectivity index (χ1) is 25.0. The zero-order chi connectivity index (χ0) is 38.7. The minimum absolute atomic E-state index is 0.0907. The average Bonchev–Trinajstić information content (AvgIpc) is 3.10. The lowest BCUT2D eigenvalue weighted by atomic mass is 10.4. The van der Waals surface area contributed by atoms with Crippen LogP contribution in [0.3, 0.4) is 0 Å². The Labute approximate surface area is 305 Å². The van der Waals surface area contributed by atoms with Crippen LogP contribution in [-0.2, 0) is 62.1 Å². The Kier molecular flexibility index (Phi) is 31.3. The summed E-state index contributed by atoms with van der Waals surface area (Å²) in [5, 5.41) is 16.5. The van der Waals surface area contributed by atoms with Gasteiger partial charge in [0, 0.05) is 32.7 Å². The van der Waals surface area contributed by atoms with Crippen LogP contribution in [0.1, 0.15) is 33.1 Å². The molecule has 0 aromatic carbocycles. The van der Waals surface area contributed by atoms with E-state index in [2.05, 4.69) is 16.0 Å². The second-order valence-corrected chi connectivity index (χ2v) is 13.1. The van der Waals surface area contributed by atoms with E-state index >= 15 is 0 Å².